The first-order valence-corrected chi connectivity index (χ1v) is 6.02. The number of hydrogen-bond acceptors (Lipinski definition) is 3. The van der Waals surface area contributed by atoms with Gasteiger partial charge in [0.15, 0.2) is 0 Å². The Morgan fingerprint density at radius 3 is 2.84 bits per heavy atom. The van der Waals surface area contributed by atoms with Gasteiger partial charge in [-0.05, 0) is 43.7 Å². The molecule has 0 aliphatic rings. The normalized spacial score (nSPS) is 10.6. The second kappa shape index (κ2) is 4.21. The molecule has 92 valence electrons. The Morgan fingerprint density at radius 1 is 1.21 bits per heavy atom. The van der Waals surface area contributed by atoms with Crippen LogP contribution in [0.3, 0.4) is 0 Å². The van der Waals surface area contributed by atoms with Gasteiger partial charge in [0, 0.05) is 5.69 Å². The SMILES string of the molecule is Cc1cc(C)c(C#N)c(-c2cccc3ccnn23)n1. The van der Waals surface area contributed by atoms with Crippen molar-refractivity contribution in [2.24, 2.45) is 0 Å². The first-order chi connectivity index (χ1) is 9.20. The predicted octanol–water partition coefficient (Wildman–Crippen LogP) is 2.88. The summed E-state index contributed by atoms with van der Waals surface area (Å²) in [4.78, 5) is 4.52. The van der Waals surface area contributed by atoms with Crippen LogP contribution in [0.5, 0.6) is 0 Å². The van der Waals surface area contributed by atoms with Gasteiger partial charge in [0.1, 0.15) is 11.8 Å². The molecule has 4 nitrogen and oxygen atoms in total. The zero-order chi connectivity index (χ0) is 13.4. The highest BCUT2D eigenvalue weighted by atomic mass is 15.2. The molecule has 3 rings (SSSR count). The van der Waals surface area contributed by atoms with Crippen LogP contribution < -0.4 is 0 Å². The maximum absolute atomic E-state index is 9.35. The van der Waals surface area contributed by atoms with Crippen molar-refractivity contribution >= 4 is 5.52 Å². The lowest BCUT2D eigenvalue weighted by Gasteiger charge is -2.09. The average Bonchev–Trinajstić information content (AvgIpc) is 2.85. The predicted molar refractivity (Wildman–Crippen MR) is 72.6 cm³/mol. The Balaban J connectivity index is 2.39. The van der Waals surface area contributed by atoms with Gasteiger partial charge in [0.2, 0.25) is 0 Å². The number of hydrogen-bond donors (Lipinski definition) is 0. The van der Waals surface area contributed by atoms with Gasteiger partial charge in [-0.1, -0.05) is 6.07 Å². The lowest BCUT2D eigenvalue weighted by molar-refractivity contribution is 0.958. The molecule has 0 spiro atoms. The number of aryl methyl sites for hydroxylation is 2. The Morgan fingerprint density at radius 2 is 2.05 bits per heavy atom. The lowest BCUT2D eigenvalue weighted by Crippen LogP contribution is -2.01. The maximum atomic E-state index is 9.35. The number of nitriles is 1. The van der Waals surface area contributed by atoms with Crippen LogP contribution in [-0.2, 0) is 0 Å². The molecule has 0 unspecified atom stereocenters. The van der Waals surface area contributed by atoms with Gasteiger partial charge in [-0.3, -0.25) is 4.98 Å². The van der Waals surface area contributed by atoms with Crippen molar-refractivity contribution in [3.8, 4) is 17.5 Å². The van der Waals surface area contributed by atoms with E-state index in [9.17, 15) is 5.26 Å². The number of rotatable bonds is 1. The Kier molecular flexibility index (Phi) is 2.53. The van der Waals surface area contributed by atoms with Crippen LogP contribution in [0, 0.1) is 25.2 Å². The molecule has 0 bridgehead atoms. The van der Waals surface area contributed by atoms with E-state index in [1.165, 1.54) is 0 Å². The molecule has 0 aliphatic heterocycles. The molecule has 0 saturated carbocycles. The molecule has 19 heavy (non-hydrogen) atoms. The fourth-order valence-electron chi connectivity index (χ4n) is 2.29. The van der Waals surface area contributed by atoms with E-state index < -0.39 is 0 Å². The van der Waals surface area contributed by atoms with Crippen LogP contribution in [0.4, 0.5) is 0 Å². The van der Waals surface area contributed by atoms with Crippen LogP contribution in [0.1, 0.15) is 16.8 Å². The van der Waals surface area contributed by atoms with Gasteiger partial charge in [0.05, 0.1) is 23.0 Å². The molecule has 3 aromatic rings. The zero-order valence-electron chi connectivity index (χ0n) is 10.8. The smallest absolute Gasteiger partial charge is 0.107 e. The molecule has 0 amide bonds. The molecule has 0 N–H and O–H groups in total. The van der Waals surface area contributed by atoms with E-state index in [1.807, 2.05) is 48.7 Å². The second-order valence-corrected chi connectivity index (χ2v) is 4.49. The van der Waals surface area contributed by atoms with Crippen molar-refractivity contribution in [1.82, 2.24) is 14.6 Å². The summed E-state index contributed by atoms with van der Waals surface area (Å²) in [7, 11) is 0. The summed E-state index contributed by atoms with van der Waals surface area (Å²) in [5, 5.41) is 13.7. The summed E-state index contributed by atoms with van der Waals surface area (Å²) in [6, 6.07) is 12.0. The van der Waals surface area contributed by atoms with Gasteiger partial charge in [-0.25, -0.2) is 4.52 Å². The fourth-order valence-corrected chi connectivity index (χ4v) is 2.29. The molecular weight excluding hydrogens is 236 g/mol. The van der Waals surface area contributed by atoms with E-state index >= 15 is 0 Å². The third-order valence-electron chi connectivity index (χ3n) is 3.12. The molecular formula is C15H12N4. The molecule has 0 aliphatic carbocycles. The molecule has 0 radical (unpaired) electrons. The monoisotopic (exact) mass is 248 g/mol. The van der Waals surface area contributed by atoms with Gasteiger partial charge in [0.25, 0.3) is 0 Å². The number of fused-ring (bicyclic) bond motifs is 1. The first-order valence-electron chi connectivity index (χ1n) is 6.02. The summed E-state index contributed by atoms with van der Waals surface area (Å²) in [5.41, 5.74) is 4.96. The minimum absolute atomic E-state index is 0.605. The minimum Gasteiger partial charge on any atom is -0.250 e. The minimum atomic E-state index is 0.605. The second-order valence-electron chi connectivity index (χ2n) is 4.49. The maximum Gasteiger partial charge on any atom is 0.107 e. The molecule has 3 aromatic heterocycles. The van der Waals surface area contributed by atoms with Crippen molar-refractivity contribution in [3.05, 3.63) is 53.3 Å². The summed E-state index contributed by atoms with van der Waals surface area (Å²) in [5.74, 6) is 0. The largest absolute Gasteiger partial charge is 0.250 e. The zero-order valence-corrected chi connectivity index (χ0v) is 10.8. The highest BCUT2D eigenvalue weighted by Crippen LogP contribution is 2.24. The van der Waals surface area contributed by atoms with E-state index in [2.05, 4.69) is 16.2 Å². The van der Waals surface area contributed by atoms with Gasteiger partial charge in [-0.2, -0.15) is 10.4 Å². The highest BCUT2D eigenvalue weighted by Gasteiger charge is 2.13. The third kappa shape index (κ3) is 1.76. The number of pyridine rings is 2. The highest BCUT2D eigenvalue weighted by molar-refractivity contribution is 5.68. The summed E-state index contributed by atoms with van der Waals surface area (Å²) >= 11 is 0. The quantitative estimate of drug-likeness (QED) is 0.665. The average molecular weight is 248 g/mol. The van der Waals surface area contributed by atoms with Crippen molar-refractivity contribution in [2.75, 3.05) is 0 Å². The standard InChI is InChI=1S/C15H12N4/c1-10-8-11(2)18-15(13(10)9-16)14-5-3-4-12-6-7-17-19(12)14/h3-8H,1-2H3. The van der Waals surface area contributed by atoms with E-state index in [4.69, 9.17) is 0 Å². The fraction of sp³-hybridized carbons (Fsp3) is 0.133. The summed E-state index contributed by atoms with van der Waals surface area (Å²) < 4.78 is 1.81. The lowest BCUT2D eigenvalue weighted by atomic mass is 10.0. The molecule has 0 atom stereocenters. The summed E-state index contributed by atoms with van der Waals surface area (Å²) in [6.45, 7) is 3.86. The van der Waals surface area contributed by atoms with E-state index in [0.29, 0.717) is 11.3 Å². The molecule has 4 heteroatoms. The molecule has 3 heterocycles. The van der Waals surface area contributed by atoms with Crippen molar-refractivity contribution < 1.29 is 0 Å². The van der Waals surface area contributed by atoms with E-state index in [-0.39, 0.29) is 0 Å². The molecule has 0 aromatic carbocycles. The first kappa shape index (κ1) is 11.4. The van der Waals surface area contributed by atoms with Gasteiger partial charge in [-0.15, -0.1) is 0 Å². The van der Waals surface area contributed by atoms with Crippen LogP contribution in [0.25, 0.3) is 16.9 Å². The molecule has 0 saturated heterocycles. The van der Waals surface area contributed by atoms with Gasteiger partial charge < -0.3 is 0 Å². The van der Waals surface area contributed by atoms with Crippen molar-refractivity contribution in [2.45, 2.75) is 13.8 Å². The van der Waals surface area contributed by atoms with E-state index in [0.717, 1.165) is 22.5 Å². The van der Waals surface area contributed by atoms with Crippen LogP contribution in [0.2, 0.25) is 0 Å². The van der Waals surface area contributed by atoms with Crippen molar-refractivity contribution in [1.29, 1.82) is 5.26 Å². The topological polar surface area (TPSA) is 54.0 Å². The van der Waals surface area contributed by atoms with E-state index in [1.54, 1.807) is 6.20 Å². The Labute approximate surface area is 111 Å². The molecule has 0 fully saturated rings. The number of aromatic nitrogens is 3. The summed E-state index contributed by atoms with van der Waals surface area (Å²) in [6.07, 6.45) is 1.74. The third-order valence-corrected chi connectivity index (χ3v) is 3.12. The Hall–Kier alpha value is -2.67. The van der Waals surface area contributed by atoms with Crippen LogP contribution in [0.15, 0.2) is 36.5 Å². The van der Waals surface area contributed by atoms with Crippen molar-refractivity contribution in [3.63, 3.8) is 0 Å². The number of nitrogens with zero attached hydrogens (tertiary/aromatic N) is 4. The van der Waals surface area contributed by atoms with Crippen LogP contribution >= 0.6 is 0 Å². The van der Waals surface area contributed by atoms with Crippen LogP contribution in [-0.4, -0.2) is 14.6 Å². The Bertz CT molecular complexity index is 809. The van der Waals surface area contributed by atoms with Gasteiger partial charge >= 0.3 is 0 Å².